The zero-order chi connectivity index (χ0) is 52.1. The highest BCUT2D eigenvalue weighted by atomic mass is 16.2. The number of tetrazole rings is 1. The van der Waals surface area contributed by atoms with Crippen LogP contribution in [0.4, 0.5) is 0 Å². The van der Waals surface area contributed by atoms with E-state index in [4.69, 9.17) is 0 Å². The first kappa shape index (κ1) is 53.3. The van der Waals surface area contributed by atoms with Crippen LogP contribution < -0.4 is 31.9 Å². The van der Waals surface area contributed by atoms with E-state index in [1.807, 2.05) is 102 Å². The van der Waals surface area contributed by atoms with Gasteiger partial charge in [0.15, 0.2) is 5.82 Å². The maximum absolute atomic E-state index is 15.1. The van der Waals surface area contributed by atoms with Crippen molar-refractivity contribution in [1.82, 2.24) is 62.3 Å². The van der Waals surface area contributed by atoms with Crippen LogP contribution in [0.5, 0.6) is 0 Å². The summed E-state index contributed by atoms with van der Waals surface area (Å²) in [6.07, 6.45) is 3.46. The van der Waals surface area contributed by atoms with E-state index in [0.29, 0.717) is 6.42 Å². The van der Waals surface area contributed by atoms with Crippen molar-refractivity contribution in [1.29, 1.82) is 0 Å². The SMILES string of the molecule is CN[C@@H](C)C(=O)NC(C(=O)N1CC(c2ccc3c(c2)CN(C(=O)C(NC(=O)[C@H](C)NC)C(C)(C)C)C(C(=O)NC2CCCc4ccccc42)C3)CC1C(=O)NC(Cc1ccccc1)c1nn[nH]n1)C(C)(C)C. The molecule has 2 aliphatic heterocycles. The van der Waals surface area contributed by atoms with Gasteiger partial charge >= 0.3 is 0 Å². The Labute approximate surface area is 423 Å². The lowest BCUT2D eigenvalue weighted by Gasteiger charge is -2.42. The van der Waals surface area contributed by atoms with Gasteiger partial charge in [-0.25, -0.2) is 0 Å². The molecule has 1 aromatic heterocycles. The third-order valence-electron chi connectivity index (χ3n) is 14.7. The quantitative estimate of drug-likeness (QED) is 0.0855. The number of aryl methyl sites for hydroxylation is 1. The van der Waals surface area contributed by atoms with Gasteiger partial charge in [0.25, 0.3) is 0 Å². The minimum absolute atomic E-state index is 0.0816. The lowest BCUT2D eigenvalue weighted by Crippen LogP contribution is -2.62. The molecule has 18 heteroatoms. The number of rotatable bonds is 16. The molecule has 72 heavy (non-hydrogen) atoms. The molecule has 6 amide bonds. The van der Waals surface area contributed by atoms with Gasteiger partial charge in [-0.1, -0.05) is 120 Å². The van der Waals surface area contributed by atoms with E-state index < -0.39 is 64.9 Å². The van der Waals surface area contributed by atoms with Crippen molar-refractivity contribution in [2.45, 2.75) is 155 Å². The van der Waals surface area contributed by atoms with E-state index in [1.54, 1.807) is 37.7 Å². The molecule has 0 bridgehead atoms. The topological polar surface area (TPSA) is 236 Å². The molecule has 0 radical (unpaired) electrons. The number of nitrogens with zero attached hydrogens (tertiary/aromatic N) is 5. The van der Waals surface area contributed by atoms with Gasteiger partial charge in [-0.2, -0.15) is 5.21 Å². The molecule has 7 N–H and O–H groups in total. The van der Waals surface area contributed by atoms with Gasteiger partial charge in [-0.05, 0) is 97.8 Å². The highest BCUT2D eigenvalue weighted by molar-refractivity contribution is 5.95. The monoisotopic (exact) mass is 987 g/mol. The maximum Gasteiger partial charge on any atom is 0.246 e. The van der Waals surface area contributed by atoms with E-state index in [9.17, 15) is 19.2 Å². The number of aromatic amines is 1. The predicted molar refractivity (Wildman–Crippen MR) is 273 cm³/mol. The molecule has 1 aliphatic carbocycles. The number of carbonyl (C=O) groups excluding carboxylic acids is 6. The number of likely N-dealkylation sites (tertiary alicyclic amines) is 1. The molecule has 9 atom stereocenters. The third kappa shape index (κ3) is 12.2. The van der Waals surface area contributed by atoms with Crippen LogP contribution in [0.15, 0.2) is 72.8 Å². The summed E-state index contributed by atoms with van der Waals surface area (Å²) in [6, 6.07) is 18.0. The highest BCUT2D eigenvalue weighted by Gasteiger charge is 2.47. The Morgan fingerprint density at radius 1 is 0.722 bits per heavy atom. The largest absolute Gasteiger partial charge is 0.347 e. The summed E-state index contributed by atoms with van der Waals surface area (Å²) in [6.45, 7) is 15.0. The van der Waals surface area contributed by atoms with Crippen molar-refractivity contribution >= 4 is 35.4 Å². The second-order valence-electron chi connectivity index (χ2n) is 22.0. The van der Waals surface area contributed by atoms with Crippen molar-refractivity contribution < 1.29 is 28.8 Å². The van der Waals surface area contributed by atoms with E-state index in [-0.39, 0.29) is 67.3 Å². The molecular formula is C54H74N12O6. The zero-order valence-electron chi connectivity index (χ0n) is 43.5. The third-order valence-corrected chi connectivity index (χ3v) is 14.7. The molecule has 7 unspecified atom stereocenters. The molecule has 1 saturated heterocycles. The molecule has 3 aliphatic rings. The molecule has 7 rings (SSSR count). The van der Waals surface area contributed by atoms with Crippen LogP contribution in [0.2, 0.25) is 0 Å². The summed E-state index contributed by atoms with van der Waals surface area (Å²) in [5.74, 6) is -2.19. The summed E-state index contributed by atoms with van der Waals surface area (Å²) in [5.41, 5.74) is 4.32. The molecule has 0 saturated carbocycles. The summed E-state index contributed by atoms with van der Waals surface area (Å²) >= 11 is 0. The molecule has 4 aromatic rings. The first-order valence-corrected chi connectivity index (χ1v) is 25.3. The highest BCUT2D eigenvalue weighted by Crippen LogP contribution is 2.38. The first-order valence-electron chi connectivity index (χ1n) is 25.3. The molecule has 18 nitrogen and oxygen atoms in total. The van der Waals surface area contributed by atoms with Crippen LogP contribution >= 0.6 is 0 Å². The summed E-state index contributed by atoms with van der Waals surface area (Å²) in [4.78, 5) is 89.7. The number of fused-ring (bicyclic) bond motifs is 2. The number of hydrogen-bond acceptors (Lipinski definition) is 11. The zero-order valence-corrected chi connectivity index (χ0v) is 43.5. The van der Waals surface area contributed by atoms with E-state index in [0.717, 1.165) is 47.1 Å². The van der Waals surface area contributed by atoms with Crippen LogP contribution in [0.3, 0.4) is 0 Å². The number of aromatic nitrogens is 4. The van der Waals surface area contributed by atoms with Crippen LogP contribution in [-0.4, -0.2) is 123 Å². The van der Waals surface area contributed by atoms with Crippen LogP contribution in [0.1, 0.15) is 132 Å². The minimum atomic E-state index is -0.979. The average molecular weight is 987 g/mol. The fourth-order valence-electron chi connectivity index (χ4n) is 10.1. The lowest BCUT2D eigenvalue weighted by atomic mass is 9.83. The number of H-pyrrole nitrogens is 1. The lowest BCUT2D eigenvalue weighted by molar-refractivity contribution is -0.147. The van der Waals surface area contributed by atoms with Gasteiger partial charge in [0, 0.05) is 31.8 Å². The van der Waals surface area contributed by atoms with Crippen LogP contribution in [0.25, 0.3) is 0 Å². The normalized spacial score (nSPS) is 21.0. The van der Waals surface area contributed by atoms with E-state index in [1.165, 1.54) is 5.56 Å². The molecule has 3 heterocycles. The first-order chi connectivity index (χ1) is 34.2. The van der Waals surface area contributed by atoms with Crippen LogP contribution in [-0.2, 0) is 54.6 Å². The van der Waals surface area contributed by atoms with Crippen molar-refractivity contribution in [2.24, 2.45) is 10.8 Å². The molecule has 386 valence electrons. The number of hydrogen-bond donors (Lipinski definition) is 7. The summed E-state index contributed by atoms with van der Waals surface area (Å²) in [5, 5.41) is 33.0. The Morgan fingerprint density at radius 3 is 1.96 bits per heavy atom. The standard InChI is InChI=1S/C54H74N12O6/c1-31(55-9)47(67)59-44(53(3,4)5)51(71)65-29-37-26-35(23-24-36(37)27-42(65)49(69)57-40-22-16-20-34-19-14-15-21-39(34)40)38-28-43(66(30-38)52(72)45(54(6,7)8)60-48(68)32(2)56-10)50(70)58-41(46-61-63-64-62-46)25-33-17-12-11-13-18-33/h11-15,17-19,21,23-24,26,31-32,38,40-45,55-56H,16,20,22,25,27-30H2,1-10H3,(H,57,69)(H,58,70)(H,59,67)(H,60,68)(H,61,62,63,64)/t31-,32-,38?,40?,41?,42?,43?,44?,45?/m0/s1. The van der Waals surface area contributed by atoms with Gasteiger partial charge in [-0.3, -0.25) is 28.8 Å². The Balaban J connectivity index is 1.23. The molecule has 3 aromatic carbocycles. The molecular weight excluding hydrogens is 913 g/mol. The Kier molecular flexibility index (Phi) is 16.6. The number of amides is 6. The van der Waals surface area contributed by atoms with Gasteiger partial charge in [0.2, 0.25) is 35.4 Å². The summed E-state index contributed by atoms with van der Waals surface area (Å²) in [7, 11) is 3.35. The van der Waals surface area contributed by atoms with Gasteiger partial charge < -0.3 is 41.7 Å². The maximum atomic E-state index is 15.1. The second-order valence-corrected chi connectivity index (χ2v) is 22.0. The number of benzene rings is 3. The van der Waals surface area contributed by atoms with Crippen molar-refractivity contribution in [3.8, 4) is 0 Å². The van der Waals surface area contributed by atoms with Gasteiger partial charge in [0.05, 0.1) is 24.2 Å². The van der Waals surface area contributed by atoms with Crippen molar-refractivity contribution in [2.75, 3.05) is 20.6 Å². The Hall–Kier alpha value is -6.53. The average Bonchev–Trinajstić information content (AvgIpc) is 4.07. The Bertz CT molecular complexity index is 2580. The second kappa shape index (κ2) is 22.5. The van der Waals surface area contributed by atoms with Gasteiger partial charge in [0.1, 0.15) is 24.2 Å². The van der Waals surface area contributed by atoms with Gasteiger partial charge in [-0.15, -0.1) is 10.2 Å². The fraction of sp³-hybridized carbons (Fsp3) is 0.537. The molecule has 1 fully saturated rings. The number of likely N-dealkylation sites (N-methyl/N-ethyl adjacent to an activating group) is 2. The molecule has 0 spiro atoms. The number of carbonyl (C=O) groups is 6. The number of nitrogens with one attached hydrogen (secondary N) is 7. The summed E-state index contributed by atoms with van der Waals surface area (Å²) < 4.78 is 0. The van der Waals surface area contributed by atoms with E-state index >= 15 is 9.59 Å². The van der Waals surface area contributed by atoms with Crippen LogP contribution in [0, 0.1) is 10.8 Å². The smallest absolute Gasteiger partial charge is 0.246 e. The Morgan fingerprint density at radius 2 is 1.35 bits per heavy atom. The minimum Gasteiger partial charge on any atom is -0.347 e. The van der Waals surface area contributed by atoms with E-state index in [2.05, 4.69) is 64.7 Å². The fourth-order valence-corrected chi connectivity index (χ4v) is 10.1. The van der Waals surface area contributed by atoms with Crippen molar-refractivity contribution in [3.05, 3.63) is 112 Å². The predicted octanol–water partition coefficient (Wildman–Crippen LogP) is 3.71. The van der Waals surface area contributed by atoms with Crippen molar-refractivity contribution in [3.63, 3.8) is 0 Å².